The summed E-state index contributed by atoms with van der Waals surface area (Å²) in [6.07, 6.45) is 3.36. The number of carbonyl (C=O) groups is 1. The van der Waals surface area contributed by atoms with Crippen LogP contribution in [0.5, 0.6) is 0 Å². The number of nitrogens with one attached hydrogen (secondary N) is 2. The Balaban J connectivity index is 1.66. The molecule has 2 N–H and O–H groups in total. The first-order chi connectivity index (χ1) is 12.5. The molecule has 2 heterocycles. The summed E-state index contributed by atoms with van der Waals surface area (Å²) in [6, 6.07) is 9.07. The Morgan fingerprint density at radius 3 is 2.92 bits per heavy atom. The van der Waals surface area contributed by atoms with Crippen molar-refractivity contribution in [2.75, 3.05) is 6.54 Å². The number of carbonyl (C=O) groups excluding carboxylic acids is 1. The third kappa shape index (κ3) is 3.76. The van der Waals surface area contributed by atoms with Crippen molar-refractivity contribution in [1.29, 1.82) is 5.26 Å². The van der Waals surface area contributed by atoms with Gasteiger partial charge < -0.3 is 10.3 Å². The van der Waals surface area contributed by atoms with Crippen molar-refractivity contribution < 1.29 is 4.79 Å². The standard InChI is InChI=1S/C18H17ClN6O/c1-11(9-22-18(26)17-10-21-12(2)23-17)25-6-5-16(24-25)13-3-4-14(8-20)15(19)7-13/h3-7,10-11H,9H2,1-2H3,(H,21,23)(H,22,26). The van der Waals surface area contributed by atoms with Crippen LogP contribution < -0.4 is 5.32 Å². The van der Waals surface area contributed by atoms with E-state index in [9.17, 15) is 4.79 Å². The van der Waals surface area contributed by atoms with Crippen LogP contribution in [0.3, 0.4) is 0 Å². The van der Waals surface area contributed by atoms with Crippen LogP contribution in [0.2, 0.25) is 5.02 Å². The lowest BCUT2D eigenvalue weighted by Crippen LogP contribution is -2.30. The molecule has 3 rings (SSSR count). The minimum atomic E-state index is -0.205. The average Bonchev–Trinajstić information content (AvgIpc) is 3.28. The van der Waals surface area contributed by atoms with Gasteiger partial charge in [0.25, 0.3) is 5.91 Å². The molecule has 0 saturated heterocycles. The summed E-state index contributed by atoms with van der Waals surface area (Å²) in [4.78, 5) is 19.0. The van der Waals surface area contributed by atoms with Crippen LogP contribution in [0, 0.1) is 18.3 Å². The Labute approximate surface area is 155 Å². The van der Waals surface area contributed by atoms with Crippen molar-refractivity contribution in [2.45, 2.75) is 19.9 Å². The maximum absolute atomic E-state index is 12.1. The fourth-order valence-corrected chi connectivity index (χ4v) is 2.69. The Kier molecular flexibility index (Phi) is 5.05. The highest BCUT2D eigenvalue weighted by Crippen LogP contribution is 2.24. The number of hydrogen-bond donors (Lipinski definition) is 2. The second kappa shape index (κ2) is 7.42. The number of aryl methyl sites for hydroxylation is 1. The highest BCUT2D eigenvalue weighted by atomic mass is 35.5. The summed E-state index contributed by atoms with van der Waals surface area (Å²) in [6.45, 7) is 4.17. The summed E-state index contributed by atoms with van der Waals surface area (Å²) in [5.41, 5.74) is 2.44. The third-order valence-electron chi connectivity index (χ3n) is 3.95. The lowest BCUT2D eigenvalue weighted by molar-refractivity contribution is 0.0943. The maximum atomic E-state index is 12.1. The van der Waals surface area contributed by atoms with Crippen molar-refractivity contribution in [2.24, 2.45) is 0 Å². The molecule has 132 valence electrons. The molecule has 8 heteroatoms. The maximum Gasteiger partial charge on any atom is 0.269 e. The zero-order valence-electron chi connectivity index (χ0n) is 14.3. The van der Waals surface area contributed by atoms with Gasteiger partial charge in [-0.25, -0.2) is 4.98 Å². The van der Waals surface area contributed by atoms with E-state index in [0.717, 1.165) is 11.3 Å². The molecule has 0 saturated carbocycles. The van der Waals surface area contributed by atoms with Gasteiger partial charge in [-0.1, -0.05) is 17.7 Å². The monoisotopic (exact) mass is 368 g/mol. The van der Waals surface area contributed by atoms with Gasteiger partial charge >= 0.3 is 0 Å². The molecule has 0 bridgehead atoms. The fraction of sp³-hybridized carbons (Fsp3) is 0.222. The van der Waals surface area contributed by atoms with E-state index in [1.807, 2.05) is 31.3 Å². The zero-order valence-corrected chi connectivity index (χ0v) is 15.1. The largest absolute Gasteiger partial charge is 0.349 e. The molecule has 1 unspecified atom stereocenters. The van der Waals surface area contributed by atoms with E-state index >= 15 is 0 Å². The number of benzene rings is 1. The quantitative estimate of drug-likeness (QED) is 0.722. The van der Waals surface area contributed by atoms with E-state index in [0.29, 0.717) is 28.6 Å². The van der Waals surface area contributed by atoms with E-state index in [1.165, 1.54) is 6.20 Å². The molecule has 2 aromatic heterocycles. The molecular formula is C18H17ClN6O. The number of amides is 1. The predicted molar refractivity (Wildman–Crippen MR) is 97.8 cm³/mol. The van der Waals surface area contributed by atoms with Gasteiger partial charge in [0.05, 0.1) is 28.5 Å². The molecule has 0 radical (unpaired) electrons. The molecule has 1 aromatic carbocycles. The van der Waals surface area contributed by atoms with Crippen molar-refractivity contribution in [3.05, 3.63) is 58.8 Å². The van der Waals surface area contributed by atoms with E-state index in [2.05, 4.69) is 20.4 Å². The molecule has 0 fully saturated rings. The first-order valence-corrected chi connectivity index (χ1v) is 8.40. The van der Waals surface area contributed by atoms with Gasteiger partial charge in [0.15, 0.2) is 0 Å². The van der Waals surface area contributed by atoms with Gasteiger partial charge in [-0.15, -0.1) is 0 Å². The van der Waals surface area contributed by atoms with Crippen molar-refractivity contribution in [3.63, 3.8) is 0 Å². The minimum Gasteiger partial charge on any atom is -0.349 e. The zero-order chi connectivity index (χ0) is 18.7. The van der Waals surface area contributed by atoms with Crippen LogP contribution in [0.25, 0.3) is 11.3 Å². The van der Waals surface area contributed by atoms with Gasteiger partial charge in [0.1, 0.15) is 17.6 Å². The Bertz CT molecular complexity index is 984. The number of H-pyrrole nitrogens is 1. The first kappa shape index (κ1) is 17.7. The second-order valence-electron chi connectivity index (χ2n) is 5.93. The van der Waals surface area contributed by atoms with Gasteiger partial charge in [-0.05, 0) is 32.0 Å². The summed E-state index contributed by atoms with van der Waals surface area (Å²) in [5.74, 6) is 0.490. The highest BCUT2D eigenvalue weighted by Gasteiger charge is 2.13. The molecule has 1 atom stereocenters. The van der Waals surface area contributed by atoms with Crippen LogP contribution in [0.4, 0.5) is 0 Å². The third-order valence-corrected chi connectivity index (χ3v) is 4.26. The fourth-order valence-electron chi connectivity index (χ4n) is 2.47. The summed E-state index contributed by atoms with van der Waals surface area (Å²) in [7, 11) is 0. The van der Waals surface area contributed by atoms with Gasteiger partial charge in [-0.2, -0.15) is 10.4 Å². The molecule has 7 nitrogen and oxygen atoms in total. The molecule has 3 aromatic rings. The minimum absolute atomic E-state index is 0.0365. The molecular weight excluding hydrogens is 352 g/mol. The number of nitriles is 1. The SMILES string of the molecule is Cc1ncc(C(=O)NCC(C)n2ccc(-c3ccc(C#N)c(Cl)c3)n2)[nH]1. The van der Waals surface area contributed by atoms with E-state index in [4.69, 9.17) is 16.9 Å². The van der Waals surface area contributed by atoms with Crippen LogP contribution in [0.1, 0.15) is 34.8 Å². The van der Waals surface area contributed by atoms with E-state index in [-0.39, 0.29) is 11.9 Å². The van der Waals surface area contributed by atoms with Crippen molar-refractivity contribution >= 4 is 17.5 Å². The van der Waals surface area contributed by atoms with Crippen LogP contribution in [0.15, 0.2) is 36.7 Å². The summed E-state index contributed by atoms with van der Waals surface area (Å²) >= 11 is 6.08. The summed E-state index contributed by atoms with van der Waals surface area (Å²) in [5, 5.41) is 16.7. The van der Waals surface area contributed by atoms with Crippen LogP contribution >= 0.6 is 11.6 Å². The Hall–Kier alpha value is -3.11. The summed E-state index contributed by atoms with van der Waals surface area (Å²) < 4.78 is 1.78. The average molecular weight is 369 g/mol. The molecule has 0 aliphatic rings. The highest BCUT2D eigenvalue weighted by molar-refractivity contribution is 6.32. The van der Waals surface area contributed by atoms with Gasteiger partial charge in [0.2, 0.25) is 0 Å². The van der Waals surface area contributed by atoms with Crippen molar-refractivity contribution in [1.82, 2.24) is 25.1 Å². The van der Waals surface area contributed by atoms with E-state index in [1.54, 1.807) is 23.7 Å². The van der Waals surface area contributed by atoms with Gasteiger partial charge in [0, 0.05) is 18.3 Å². The first-order valence-electron chi connectivity index (χ1n) is 8.03. The smallest absolute Gasteiger partial charge is 0.269 e. The number of aromatic amines is 1. The Morgan fingerprint density at radius 2 is 2.27 bits per heavy atom. The molecule has 26 heavy (non-hydrogen) atoms. The molecule has 0 spiro atoms. The topological polar surface area (TPSA) is 99.4 Å². The number of hydrogen-bond acceptors (Lipinski definition) is 4. The normalized spacial score (nSPS) is 11.8. The van der Waals surface area contributed by atoms with Crippen molar-refractivity contribution in [3.8, 4) is 17.3 Å². The van der Waals surface area contributed by atoms with Crippen LogP contribution in [-0.4, -0.2) is 32.2 Å². The lowest BCUT2D eigenvalue weighted by Gasteiger charge is -2.13. The Morgan fingerprint density at radius 1 is 1.46 bits per heavy atom. The lowest BCUT2D eigenvalue weighted by atomic mass is 10.1. The van der Waals surface area contributed by atoms with E-state index < -0.39 is 0 Å². The number of rotatable bonds is 5. The molecule has 1 amide bonds. The number of halogens is 1. The molecule has 0 aliphatic carbocycles. The predicted octanol–water partition coefficient (Wildman–Crippen LogP) is 3.10. The van der Waals surface area contributed by atoms with Crippen LogP contribution in [-0.2, 0) is 0 Å². The number of aromatic nitrogens is 4. The van der Waals surface area contributed by atoms with Gasteiger partial charge in [-0.3, -0.25) is 9.48 Å². The second-order valence-corrected chi connectivity index (χ2v) is 6.34. The molecule has 0 aliphatic heterocycles. The number of nitrogens with zero attached hydrogens (tertiary/aromatic N) is 4. The number of imidazole rings is 1.